The van der Waals surface area contributed by atoms with Crippen LogP contribution in [0.25, 0.3) is 0 Å². The first kappa shape index (κ1) is 19.6. The first-order valence-corrected chi connectivity index (χ1v) is 10.4. The largest absolute Gasteiger partial charge is 0.468 e. The molecule has 1 amide bonds. The SMILES string of the molecule is CCCC1CC(C(=O)Nc2cccc(S(=O)(=O)NCc3ccco3)c2)NN1. The minimum Gasteiger partial charge on any atom is -0.468 e. The number of amides is 1. The van der Waals surface area contributed by atoms with Crippen LogP contribution in [0.15, 0.2) is 52.0 Å². The summed E-state index contributed by atoms with van der Waals surface area (Å²) in [6.07, 6.45) is 4.21. The summed E-state index contributed by atoms with van der Waals surface area (Å²) < 4.78 is 32.5. The van der Waals surface area contributed by atoms with E-state index in [1.54, 1.807) is 24.3 Å². The zero-order chi connectivity index (χ0) is 19.3. The van der Waals surface area contributed by atoms with Gasteiger partial charge in [-0.15, -0.1) is 0 Å². The van der Waals surface area contributed by atoms with Crippen molar-refractivity contribution in [2.75, 3.05) is 5.32 Å². The third-order valence-electron chi connectivity index (χ3n) is 4.36. The topological polar surface area (TPSA) is 112 Å². The third-order valence-corrected chi connectivity index (χ3v) is 5.76. The number of rotatable bonds is 8. The minimum atomic E-state index is -3.72. The first-order chi connectivity index (χ1) is 13.0. The highest BCUT2D eigenvalue weighted by atomic mass is 32.2. The van der Waals surface area contributed by atoms with Crippen LogP contribution in [0, 0.1) is 0 Å². The Morgan fingerprint density at radius 2 is 2.11 bits per heavy atom. The van der Waals surface area contributed by atoms with Gasteiger partial charge in [-0.3, -0.25) is 10.2 Å². The average Bonchev–Trinajstić information content (AvgIpc) is 3.33. The smallest absolute Gasteiger partial charge is 0.242 e. The molecule has 146 valence electrons. The Kier molecular flexibility index (Phi) is 6.27. The Morgan fingerprint density at radius 3 is 2.85 bits per heavy atom. The number of carbonyl (C=O) groups is 1. The molecule has 8 nitrogen and oxygen atoms in total. The molecule has 27 heavy (non-hydrogen) atoms. The normalized spacial score (nSPS) is 19.9. The number of hydrogen-bond acceptors (Lipinski definition) is 6. The quantitative estimate of drug-likeness (QED) is 0.544. The molecule has 2 unspecified atom stereocenters. The van der Waals surface area contributed by atoms with E-state index in [1.807, 2.05) is 0 Å². The summed E-state index contributed by atoms with van der Waals surface area (Å²) in [4.78, 5) is 12.5. The van der Waals surface area contributed by atoms with Crippen molar-refractivity contribution >= 4 is 21.6 Å². The van der Waals surface area contributed by atoms with Gasteiger partial charge < -0.3 is 9.73 Å². The molecular formula is C18H24N4O4S. The predicted molar refractivity (Wildman–Crippen MR) is 101 cm³/mol. The van der Waals surface area contributed by atoms with Gasteiger partial charge >= 0.3 is 0 Å². The number of nitrogens with one attached hydrogen (secondary N) is 4. The molecule has 3 rings (SSSR count). The highest BCUT2D eigenvalue weighted by molar-refractivity contribution is 7.89. The van der Waals surface area contributed by atoms with Crippen LogP contribution in [0.5, 0.6) is 0 Å². The van der Waals surface area contributed by atoms with Gasteiger partial charge in [-0.05, 0) is 43.2 Å². The van der Waals surface area contributed by atoms with Gasteiger partial charge in [0.25, 0.3) is 0 Å². The molecule has 2 heterocycles. The lowest BCUT2D eigenvalue weighted by molar-refractivity contribution is -0.117. The van der Waals surface area contributed by atoms with Crippen molar-refractivity contribution in [2.24, 2.45) is 0 Å². The maximum atomic E-state index is 12.4. The van der Waals surface area contributed by atoms with Crippen LogP contribution in [-0.4, -0.2) is 26.4 Å². The zero-order valence-electron chi connectivity index (χ0n) is 15.1. The van der Waals surface area contributed by atoms with Gasteiger partial charge in [-0.1, -0.05) is 19.4 Å². The fraction of sp³-hybridized carbons (Fsp3) is 0.389. The fourth-order valence-corrected chi connectivity index (χ4v) is 4.00. The highest BCUT2D eigenvalue weighted by Crippen LogP contribution is 2.18. The van der Waals surface area contributed by atoms with Gasteiger partial charge in [0.2, 0.25) is 15.9 Å². The summed E-state index contributed by atoms with van der Waals surface area (Å²) in [5, 5.41) is 2.78. The lowest BCUT2D eigenvalue weighted by Gasteiger charge is -2.12. The Hall–Kier alpha value is -2.20. The molecule has 1 fully saturated rings. The van der Waals surface area contributed by atoms with E-state index >= 15 is 0 Å². The van der Waals surface area contributed by atoms with Crippen molar-refractivity contribution in [3.63, 3.8) is 0 Å². The molecule has 9 heteroatoms. The molecular weight excluding hydrogens is 368 g/mol. The lowest BCUT2D eigenvalue weighted by Crippen LogP contribution is -2.40. The Labute approximate surface area is 158 Å². The van der Waals surface area contributed by atoms with Crippen LogP contribution in [0.2, 0.25) is 0 Å². The summed E-state index contributed by atoms with van der Waals surface area (Å²) in [6, 6.07) is 9.47. The van der Waals surface area contributed by atoms with E-state index in [0.717, 1.165) is 12.8 Å². The van der Waals surface area contributed by atoms with Crippen molar-refractivity contribution in [3.05, 3.63) is 48.4 Å². The molecule has 1 aliphatic heterocycles. The van der Waals surface area contributed by atoms with Crippen molar-refractivity contribution in [3.8, 4) is 0 Å². The molecule has 4 N–H and O–H groups in total. The molecule has 2 atom stereocenters. The van der Waals surface area contributed by atoms with Crippen molar-refractivity contribution in [1.29, 1.82) is 0 Å². The van der Waals surface area contributed by atoms with E-state index < -0.39 is 10.0 Å². The molecule has 0 aliphatic carbocycles. The van der Waals surface area contributed by atoms with Gasteiger partial charge in [0.1, 0.15) is 11.8 Å². The number of benzene rings is 1. The van der Waals surface area contributed by atoms with E-state index in [2.05, 4.69) is 27.8 Å². The molecule has 0 bridgehead atoms. The predicted octanol–water partition coefficient (Wildman–Crippen LogP) is 1.73. The van der Waals surface area contributed by atoms with E-state index in [-0.39, 0.29) is 29.4 Å². The summed E-state index contributed by atoms with van der Waals surface area (Å²) in [7, 11) is -3.72. The Balaban J connectivity index is 1.62. The van der Waals surface area contributed by atoms with Crippen LogP contribution in [-0.2, 0) is 21.4 Å². The number of sulfonamides is 1. The van der Waals surface area contributed by atoms with Gasteiger partial charge in [0.15, 0.2) is 0 Å². The van der Waals surface area contributed by atoms with Crippen molar-refractivity contribution in [1.82, 2.24) is 15.6 Å². The van der Waals surface area contributed by atoms with Crippen LogP contribution >= 0.6 is 0 Å². The second kappa shape index (κ2) is 8.66. The highest BCUT2D eigenvalue weighted by Gasteiger charge is 2.28. The molecule has 1 aromatic carbocycles. The van der Waals surface area contributed by atoms with E-state index in [9.17, 15) is 13.2 Å². The molecule has 1 saturated heterocycles. The maximum Gasteiger partial charge on any atom is 0.242 e. The zero-order valence-corrected chi connectivity index (χ0v) is 15.9. The Bertz CT molecular complexity index is 867. The number of carbonyl (C=O) groups excluding carboxylic acids is 1. The van der Waals surface area contributed by atoms with Crippen LogP contribution in [0.4, 0.5) is 5.69 Å². The minimum absolute atomic E-state index is 0.0579. The number of furan rings is 1. The van der Waals surface area contributed by atoms with Gasteiger partial charge in [-0.25, -0.2) is 18.6 Å². The fourth-order valence-electron chi connectivity index (χ4n) is 2.96. The molecule has 1 aromatic heterocycles. The third kappa shape index (κ3) is 5.16. The molecule has 2 aromatic rings. The van der Waals surface area contributed by atoms with Crippen LogP contribution in [0.3, 0.4) is 0 Å². The summed E-state index contributed by atoms with van der Waals surface area (Å²) in [5.74, 6) is 0.323. The summed E-state index contributed by atoms with van der Waals surface area (Å²) in [5.41, 5.74) is 6.54. The monoisotopic (exact) mass is 392 g/mol. The lowest BCUT2D eigenvalue weighted by atomic mass is 10.1. The summed E-state index contributed by atoms with van der Waals surface area (Å²) >= 11 is 0. The van der Waals surface area contributed by atoms with Crippen molar-refractivity contribution in [2.45, 2.75) is 49.7 Å². The van der Waals surface area contributed by atoms with Gasteiger partial charge in [-0.2, -0.15) is 0 Å². The second-order valence-corrected chi connectivity index (χ2v) is 8.25. The maximum absolute atomic E-state index is 12.4. The Morgan fingerprint density at radius 1 is 1.26 bits per heavy atom. The van der Waals surface area contributed by atoms with E-state index in [0.29, 0.717) is 17.9 Å². The van der Waals surface area contributed by atoms with Crippen molar-refractivity contribution < 1.29 is 17.6 Å². The number of hydrazine groups is 1. The van der Waals surface area contributed by atoms with E-state index in [1.165, 1.54) is 18.4 Å². The standard InChI is InChI=1S/C18H24N4O4S/c1-2-5-14-11-17(22-21-14)18(23)20-13-6-3-8-16(10-13)27(24,25)19-12-15-7-4-9-26-15/h3-4,6-10,14,17,19,21-22H,2,5,11-12H2,1H3,(H,20,23). The van der Waals surface area contributed by atoms with Crippen LogP contribution in [0.1, 0.15) is 31.9 Å². The number of hydrogen-bond donors (Lipinski definition) is 4. The van der Waals surface area contributed by atoms with Crippen LogP contribution < -0.4 is 20.9 Å². The van der Waals surface area contributed by atoms with Gasteiger partial charge in [0.05, 0.1) is 17.7 Å². The molecule has 0 spiro atoms. The first-order valence-electron chi connectivity index (χ1n) is 8.92. The summed E-state index contributed by atoms with van der Waals surface area (Å²) in [6.45, 7) is 2.16. The second-order valence-electron chi connectivity index (χ2n) is 6.48. The molecule has 1 aliphatic rings. The molecule has 0 saturated carbocycles. The number of anilines is 1. The average molecular weight is 392 g/mol. The van der Waals surface area contributed by atoms with E-state index in [4.69, 9.17) is 4.42 Å². The molecule has 0 radical (unpaired) electrons. The van der Waals surface area contributed by atoms with Gasteiger partial charge in [0, 0.05) is 11.7 Å².